The summed E-state index contributed by atoms with van der Waals surface area (Å²) in [4.78, 5) is 6.98. The molecule has 0 atom stereocenters. The molecule has 0 amide bonds. The first-order valence-electron chi connectivity index (χ1n) is 8.88. The van der Waals surface area contributed by atoms with E-state index in [4.69, 9.17) is 0 Å². The Morgan fingerprint density at radius 2 is 1.83 bits per heavy atom. The molecule has 0 aliphatic carbocycles. The molecule has 1 fully saturated rings. The maximum Gasteiger partial charge on any atom is 0.191 e. The van der Waals surface area contributed by atoms with Gasteiger partial charge in [0.1, 0.15) is 11.6 Å². The van der Waals surface area contributed by atoms with Crippen molar-refractivity contribution in [2.75, 3.05) is 39.3 Å². The molecule has 0 aromatic heterocycles. The van der Waals surface area contributed by atoms with Gasteiger partial charge in [0.2, 0.25) is 0 Å². The molecule has 1 aliphatic heterocycles. The molecule has 0 spiro atoms. The number of hydrogen-bond donors (Lipinski definition) is 2. The van der Waals surface area contributed by atoms with Gasteiger partial charge in [-0.15, -0.1) is 0 Å². The Morgan fingerprint density at radius 3 is 2.50 bits per heavy atom. The van der Waals surface area contributed by atoms with Gasteiger partial charge in [-0.1, -0.05) is 12.5 Å². The topological polar surface area (TPSA) is 39.7 Å². The van der Waals surface area contributed by atoms with Crippen molar-refractivity contribution in [3.8, 4) is 0 Å². The molecule has 0 radical (unpaired) electrons. The number of likely N-dealkylation sites (tertiary alicyclic amines) is 1. The highest BCUT2D eigenvalue weighted by Gasteiger charge is 2.10. The molecule has 1 heterocycles. The average Bonchev–Trinajstić information content (AvgIpc) is 2.58. The van der Waals surface area contributed by atoms with Gasteiger partial charge in [0.15, 0.2) is 5.96 Å². The molecular formula is C18H28F2N4. The van der Waals surface area contributed by atoms with E-state index in [1.54, 1.807) is 0 Å². The zero-order chi connectivity index (χ0) is 17.2. The smallest absolute Gasteiger partial charge is 0.191 e. The molecule has 1 aromatic carbocycles. The fraction of sp³-hybridized carbons (Fsp3) is 0.611. The van der Waals surface area contributed by atoms with Crippen LogP contribution in [-0.4, -0.2) is 50.1 Å². The van der Waals surface area contributed by atoms with Crippen molar-refractivity contribution in [1.82, 2.24) is 15.5 Å². The zero-order valence-electron chi connectivity index (χ0n) is 14.5. The zero-order valence-corrected chi connectivity index (χ0v) is 14.5. The van der Waals surface area contributed by atoms with E-state index in [1.807, 2.05) is 6.92 Å². The fourth-order valence-electron chi connectivity index (χ4n) is 2.91. The van der Waals surface area contributed by atoms with Crippen LogP contribution < -0.4 is 10.6 Å². The van der Waals surface area contributed by atoms with E-state index in [1.165, 1.54) is 37.5 Å². The summed E-state index contributed by atoms with van der Waals surface area (Å²) >= 11 is 0. The summed E-state index contributed by atoms with van der Waals surface area (Å²) in [5.74, 6) is -0.293. The van der Waals surface area contributed by atoms with Crippen molar-refractivity contribution >= 4 is 5.96 Å². The van der Waals surface area contributed by atoms with Gasteiger partial charge >= 0.3 is 0 Å². The highest BCUT2D eigenvalue weighted by atomic mass is 19.1. The van der Waals surface area contributed by atoms with Crippen molar-refractivity contribution in [3.63, 3.8) is 0 Å². The molecule has 0 bridgehead atoms. The van der Waals surface area contributed by atoms with Gasteiger partial charge in [-0.3, -0.25) is 4.99 Å². The SMILES string of the molecule is CCNC(=NCCN1CCCCC1)NCCc1c(F)cccc1F. The third-order valence-electron chi connectivity index (χ3n) is 4.21. The Balaban J connectivity index is 1.78. The number of rotatable bonds is 7. The molecule has 6 heteroatoms. The first-order valence-corrected chi connectivity index (χ1v) is 8.88. The quantitative estimate of drug-likeness (QED) is 0.593. The minimum absolute atomic E-state index is 0.120. The lowest BCUT2D eigenvalue weighted by molar-refractivity contribution is 0.235. The summed E-state index contributed by atoms with van der Waals surface area (Å²) in [5.41, 5.74) is 0.120. The molecule has 1 aromatic rings. The normalized spacial score (nSPS) is 16.2. The van der Waals surface area contributed by atoms with E-state index in [0.29, 0.717) is 12.5 Å². The number of nitrogens with zero attached hydrogens (tertiary/aromatic N) is 2. The molecular weight excluding hydrogens is 310 g/mol. The maximum absolute atomic E-state index is 13.6. The van der Waals surface area contributed by atoms with Crippen molar-refractivity contribution in [2.45, 2.75) is 32.6 Å². The number of aliphatic imine (C=N–C) groups is 1. The lowest BCUT2D eigenvalue weighted by Gasteiger charge is -2.25. The van der Waals surface area contributed by atoms with Crippen LogP contribution in [0.25, 0.3) is 0 Å². The number of nitrogens with one attached hydrogen (secondary N) is 2. The lowest BCUT2D eigenvalue weighted by Crippen LogP contribution is -2.39. The summed E-state index contributed by atoms with van der Waals surface area (Å²) < 4.78 is 27.2. The van der Waals surface area contributed by atoms with E-state index in [9.17, 15) is 8.78 Å². The Kier molecular flexibility index (Phi) is 7.95. The van der Waals surface area contributed by atoms with Crippen LogP contribution in [-0.2, 0) is 6.42 Å². The van der Waals surface area contributed by atoms with Crippen molar-refractivity contribution in [2.24, 2.45) is 4.99 Å². The second-order valence-electron chi connectivity index (χ2n) is 6.04. The third-order valence-corrected chi connectivity index (χ3v) is 4.21. The van der Waals surface area contributed by atoms with Gasteiger partial charge in [-0.05, 0) is 51.4 Å². The van der Waals surface area contributed by atoms with Crippen molar-refractivity contribution < 1.29 is 8.78 Å². The average molecular weight is 338 g/mol. The first-order chi connectivity index (χ1) is 11.7. The number of benzene rings is 1. The summed E-state index contributed by atoms with van der Waals surface area (Å²) in [6.45, 7) is 7.19. The summed E-state index contributed by atoms with van der Waals surface area (Å²) in [7, 11) is 0. The van der Waals surface area contributed by atoms with Crippen LogP contribution in [0.2, 0.25) is 0 Å². The molecule has 1 saturated heterocycles. The predicted molar refractivity (Wildman–Crippen MR) is 94.3 cm³/mol. The second-order valence-corrected chi connectivity index (χ2v) is 6.04. The minimum Gasteiger partial charge on any atom is -0.357 e. The van der Waals surface area contributed by atoms with E-state index in [0.717, 1.165) is 32.7 Å². The van der Waals surface area contributed by atoms with Gasteiger partial charge in [0.25, 0.3) is 0 Å². The van der Waals surface area contributed by atoms with E-state index in [-0.39, 0.29) is 12.0 Å². The Morgan fingerprint density at radius 1 is 1.12 bits per heavy atom. The summed E-state index contributed by atoms with van der Waals surface area (Å²) in [6, 6.07) is 3.96. The third kappa shape index (κ3) is 6.07. The van der Waals surface area contributed by atoms with Crippen LogP contribution in [0.5, 0.6) is 0 Å². The number of halogens is 2. The number of guanidine groups is 1. The molecule has 0 saturated carbocycles. The van der Waals surface area contributed by atoms with Gasteiger partial charge in [-0.25, -0.2) is 8.78 Å². The van der Waals surface area contributed by atoms with Crippen LogP contribution >= 0.6 is 0 Å². The number of hydrogen-bond acceptors (Lipinski definition) is 2. The second kappa shape index (κ2) is 10.2. The molecule has 2 rings (SSSR count). The van der Waals surface area contributed by atoms with Gasteiger partial charge in [0.05, 0.1) is 6.54 Å². The van der Waals surface area contributed by atoms with Crippen molar-refractivity contribution in [3.05, 3.63) is 35.4 Å². The monoisotopic (exact) mass is 338 g/mol. The standard InChI is InChI=1S/C18H28F2N4/c1-2-21-18(23-11-14-24-12-4-3-5-13-24)22-10-9-15-16(19)7-6-8-17(15)20/h6-8H,2-5,9-14H2,1H3,(H2,21,22,23). The van der Waals surface area contributed by atoms with Gasteiger partial charge < -0.3 is 15.5 Å². The van der Waals surface area contributed by atoms with Crippen LogP contribution in [0, 0.1) is 11.6 Å². The maximum atomic E-state index is 13.6. The molecule has 24 heavy (non-hydrogen) atoms. The molecule has 0 unspecified atom stereocenters. The molecule has 134 valence electrons. The summed E-state index contributed by atoms with van der Waals surface area (Å²) in [6.07, 6.45) is 4.16. The Bertz CT molecular complexity index is 508. The number of piperidine rings is 1. The lowest BCUT2D eigenvalue weighted by atomic mass is 10.1. The molecule has 4 nitrogen and oxygen atoms in total. The molecule has 2 N–H and O–H groups in total. The molecule has 1 aliphatic rings. The van der Waals surface area contributed by atoms with E-state index < -0.39 is 11.6 Å². The predicted octanol–water partition coefficient (Wildman–Crippen LogP) is 2.55. The Hall–Kier alpha value is -1.69. The van der Waals surface area contributed by atoms with Crippen LogP contribution in [0.4, 0.5) is 8.78 Å². The van der Waals surface area contributed by atoms with Crippen LogP contribution in [0.1, 0.15) is 31.7 Å². The van der Waals surface area contributed by atoms with E-state index in [2.05, 4.69) is 20.5 Å². The highest BCUT2D eigenvalue weighted by molar-refractivity contribution is 5.79. The van der Waals surface area contributed by atoms with E-state index >= 15 is 0 Å². The van der Waals surface area contributed by atoms with Gasteiger partial charge in [-0.2, -0.15) is 0 Å². The first kappa shape index (κ1) is 18.6. The fourth-order valence-corrected chi connectivity index (χ4v) is 2.91. The largest absolute Gasteiger partial charge is 0.357 e. The van der Waals surface area contributed by atoms with Crippen molar-refractivity contribution in [1.29, 1.82) is 0 Å². The highest BCUT2D eigenvalue weighted by Crippen LogP contribution is 2.12. The van der Waals surface area contributed by atoms with Gasteiger partial charge in [0, 0.05) is 25.2 Å². The van der Waals surface area contributed by atoms with Crippen LogP contribution in [0.15, 0.2) is 23.2 Å². The van der Waals surface area contributed by atoms with Crippen LogP contribution in [0.3, 0.4) is 0 Å². The Labute approximate surface area is 143 Å². The summed E-state index contributed by atoms with van der Waals surface area (Å²) in [5, 5.41) is 6.32. The minimum atomic E-state index is -0.496.